The van der Waals surface area contributed by atoms with Gasteiger partial charge in [-0.3, -0.25) is 14.4 Å². The summed E-state index contributed by atoms with van der Waals surface area (Å²) in [5, 5.41) is 0. The molecule has 0 heterocycles. The highest BCUT2D eigenvalue weighted by atomic mass is 16.6. The van der Waals surface area contributed by atoms with Crippen molar-refractivity contribution < 1.29 is 28.6 Å². The normalized spacial score (nSPS) is 12.5. The molecule has 0 bridgehead atoms. The van der Waals surface area contributed by atoms with Gasteiger partial charge in [0.15, 0.2) is 6.10 Å². The van der Waals surface area contributed by atoms with Crippen LogP contribution in [0.3, 0.4) is 0 Å². The van der Waals surface area contributed by atoms with Gasteiger partial charge in [-0.25, -0.2) is 0 Å². The molecular weight excluding hydrogens is 817 g/mol. The van der Waals surface area contributed by atoms with Crippen LogP contribution in [-0.4, -0.2) is 37.2 Å². The number of carbonyl (C=O) groups excluding carboxylic acids is 3. The lowest BCUT2D eigenvalue weighted by Gasteiger charge is -2.18. The summed E-state index contributed by atoms with van der Waals surface area (Å²) in [6.45, 7) is 6.52. The van der Waals surface area contributed by atoms with Gasteiger partial charge in [0.1, 0.15) is 13.2 Å². The molecule has 0 radical (unpaired) electrons. The van der Waals surface area contributed by atoms with Gasteiger partial charge in [-0.2, -0.15) is 0 Å². The molecule has 0 aliphatic heterocycles. The lowest BCUT2D eigenvalue weighted by atomic mass is 10.0. The number of ether oxygens (including phenoxy) is 3. The minimum Gasteiger partial charge on any atom is -0.462 e. The number of unbranched alkanes of at least 4 members (excludes halogenated alkanes) is 30. The molecule has 0 aliphatic carbocycles. The van der Waals surface area contributed by atoms with Crippen molar-refractivity contribution in [3.63, 3.8) is 0 Å². The molecule has 0 saturated carbocycles. The Hall–Kier alpha value is -2.89. The molecule has 0 aromatic carbocycles. The summed E-state index contributed by atoms with van der Waals surface area (Å²) in [5.74, 6) is -0.867. The van der Waals surface area contributed by atoms with E-state index in [1.54, 1.807) is 0 Å². The highest BCUT2D eigenvalue weighted by molar-refractivity contribution is 5.71. The summed E-state index contributed by atoms with van der Waals surface area (Å²) in [7, 11) is 0. The molecule has 6 heteroatoms. The topological polar surface area (TPSA) is 78.9 Å². The molecule has 0 saturated heterocycles. The van der Waals surface area contributed by atoms with E-state index in [0.29, 0.717) is 19.3 Å². The van der Waals surface area contributed by atoms with Gasteiger partial charge in [0.05, 0.1) is 0 Å². The Kier molecular flexibility index (Phi) is 52.3. The molecule has 0 spiro atoms. The molecule has 0 amide bonds. The Bertz CT molecular complexity index is 1200. The fourth-order valence-corrected chi connectivity index (χ4v) is 8.06. The van der Waals surface area contributed by atoms with Crippen LogP contribution in [0.4, 0.5) is 0 Å². The Morgan fingerprint density at radius 2 is 0.591 bits per heavy atom. The molecule has 1 unspecified atom stereocenters. The third-order valence-corrected chi connectivity index (χ3v) is 12.3. The van der Waals surface area contributed by atoms with Crippen LogP contribution < -0.4 is 0 Å². The van der Waals surface area contributed by atoms with Crippen molar-refractivity contribution in [2.75, 3.05) is 13.2 Å². The number of hydrogen-bond acceptors (Lipinski definition) is 6. The Morgan fingerprint density at radius 1 is 0.318 bits per heavy atom. The predicted octanol–water partition coefficient (Wildman–Crippen LogP) is 18.8. The first-order valence-electron chi connectivity index (χ1n) is 28.3. The summed E-state index contributed by atoms with van der Waals surface area (Å²) in [6, 6.07) is 0. The number of hydrogen-bond donors (Lipinski definition) is 0. The van der Waals surface area contributed by atoms with E-state index in [0.717, 1.165) is 89.9 Å². The van der Waals surface area contributed by atoms with Crippen molar-refractivity contribution in [3.8, 4) is 0 Å². The number of esters is 3. The van der Waals surface area contributed by atoms with Crippen molar-refractivity contribution >= 4 is 17.9 Å². The minimum atomic E-state index is -0.769. The zero-order valence-corrected chi connectivity index (χ0v) is 43.7. The standard InChI is InChI=1S/C60H106O6/c1-4-7-10-13-16-19-21-23-24-25-26-27-28-29-30-31-32-33-34-35-36-37-39-41-44-47-50-53-59(62)65-56-57(55-64-58(61)52-49-46-43-40-18-15-12-9-6-3)66-60(63)54-51-48-45-42-38-22-20-17-14-11-8-5-2/h7,10,16,19,23-24,26-27,29-30,57H,4-6,8-9,11-15,17-18,20-22,25,28,31-56H2,1-3H3/b10-7-,19-16-,24-23-,27-26-,30-29-. The molecule has 0 N–H and O–H groups in total. The fraction of sp³-hybridized carbons (Fsp3) is 0.783. The molecular formula is C60H106O6. The molecule has 66 heavy (non-hydrogen) atoms. The number of carbonyl (C=O) groups is 3. The van der Waals surface area contributed by atoms with Gasteiger partial charge in [0.25, 0.3) is 0 Å². The van der Waals surface area contributed by atoms with Crippen LogP contribution in [-0.2, 0) is 28.6 Å². The van der Waals surface area contributed by atoms with E-state index in [-0.39, 0.29) is 31.1 Å². The molecule has 0 rings (SSSR count). The van der Waals surface area contributed by atoms with Crippen LogP contribution in [0, 0.1) is 0 Å². The highest BCUT2D eigenvalue weighted by Crippen LogP contribution is 2.16. The first-order valence-corrected chi connectivity index (χ1v) is 28.3. The van der Waals surface area contributed by atoms with Crippen molar-refractivity contribution in [1.29, 1.82) is 0 Å². The van der Waals surface area contributed by atoms with Gasteiger partial charge in [0.2, 0.25) is 0 Å². The van der Waals surface area contributed by atoms with Gasteiger partial charge in [-0.1, -0.05) is 261 Å². The van der Waals surface area contributed by atoms with Crippen molar-refractivity contribution in [1.82, 2.24) is 0 Å². The van der Waals surface area contributed by atoms with E-state index in [1.807, 2.05) is 0 Å². The van der Waals surface area contributed by atoms with Crippen molar-refractivity contribution in [2.24, 2.45) is 0 Å². The summed E-state index contributed by atoms with van der Waals surface area (Å²) in [5.41, 5.74) is 0. The van der Waals surface area contributed by atoms with E-state index < -0.39 is 6.10 Å². The van der Waals surface area contributed by atoms with E-state index in [2.05, 4.69) is 81.5 Å². The smallest absolute Gasteiger partial charge is 0.306 e. The summed E-state index contributed by atoms with van der Waals surface area (Å²) < 4.78 is 16.8. The third kappa shape index (κ3) is 52.1. The molecule has 0 aromatic rings. The average molecular weight is 924 g/mol. The van der Waals surface area contributed by atoms with Crippen LogP contribution in [0.2, 0.25) is 0 Å². The van der Waals surface area contributed by atoms with E-state index in [1.165, 1.54) is 154 Å². The van der Waals surface area contributed by atoms with Crippen LogP contribution in [0.25, 0.3) is 0 Å². The SMILES string of the molecule is CC/C=C\C/C=C\C/C=C\C/C=C\C/C=C\CCCCCCCCCCCCCC(=O)OCC(COC(=O)CCCCCCCCCCC)OC(=O)CCCCCCCCCCCCCC. The second-order valence-electron chi connectivity index (χ2n) is 18.8. The molecule has 0 aromatic heterocycles. The van der Waals surface area contributed by atoms with Crippen LogP contribution >= 0.6 is 0 Å². The summed E-state index contributed by atoms with van der Waals surface area (Å²) in [4.78, 5) is 37.9. The second kappa shape index (κ2) is 54.7. The van der Waals surface area contributed by atoms with Crippen LogP contribution in [0.15, 0.2) is 60.8 Å². The highest BCUT2D eigenvalue weighted by Gasteiger charge is 2.19. The van der Waals surface area contributed by atoms with E-state index >= 15 is 0 Å². The second-order valence-corrected chi connectivity index (χ2v) is 18.8. The average Bonchev–Trinajstić information content (AvgIpc) is 3.31. The van der Waals surface area contributed by atoms with Gasteiger partial charge in [0, 0.05) is 19.3 Å². The number of allylic oxidation sites excluding steroid dienone is 10. The van der Waals surface area contributed by atoms with Crippen molar-refractivity contribution in [3.05, 3.63) is 60.8 Å². The van der Waals surface area contributed by atoms with E-state index in [4.69, 9.17) is 14.2 Å². The lowest BCUT2D eigenvalue weighted by molar-refractivity contribution is -0.167. The fourth-order valence-electron chi connectivity index (χ4n) is 8.06. The van der Waals surface area contributed by atoms with Gasteiger partial charge in [-0.15, -0.1) is 0 Å². The first-order chi connectivity index (χ1) is 32.5. The molecule has 382 valence electrons. The van der Waals surface area contributed by atoms with Gasteiger partial charge in [-0.05, 0) is 64.2 Å². The Labute approximate surface area is 409 Å². The largest absolute Gasteiger partial charge is 0.462 e. The Balaban J connectivity index is 4.15. The van der Waals surface area contributed by atoms with E-state index in [9.17, 15) is 14.4 Å². The summed E-state index contributed by atoms with van der Waals surface area (Å²) >= 11 is 0. The summed E-state index contributed by atoms with van der Waals surface area (Å²) in [6.07, 6.45) is 67.9. The molecule has 0 aliphatic rings. The lowest BCUT2D eigenvalue weighted by Crippen LogP contribution is -2.30. The van der Waals surface area contributed by atoms with Crippen molar-refractivity contribution in [2.45, 2.75) is 290 Å². The molecule has 1 atom stereocenters. The van der Waals surface area contributed by atoms with Crippen LogP contribution in [0.5, 0.6) is 0 Å². The maximum absolute atomic E-state index is 12.8. The zero-order valence-electron chi connectivity index (χ0n) is 43.7. The monoisotopic (exact) mass is 923 g/mol. The van der Waals surface area contributed by atoms with Gasteiger partial charge < -0.3 is 14.2 Å². The number of rotatable bonds is 51. The zero-order chi connectivity index (χ0) is 47.9. The van der Waals surface area contributed by atoms with Crippen LogP contribution in [0.1, 0.15) is 284 Å². The quantitative estimate of drug-likeness (QED) is 0.0262. The van der Waals surface area contributed by atoms with Gasteiger partial charge >= 0.3 is 17.9 Å². The molecule has 0 fully saturated rings. The predicted molar refractivity (Wildman–Crippen MR) is 284 cm³/mol. The maximum atomic E-state index is 12.8. The first kappa shape index (κ1) is 63.1. The minimum absolute atomic E-state index is 0.0706. The molecule has 6 nitrogen and oxygen atoms in total. The Morgan fingerprint density at radius 3 is 0.924 bits per heavy atom. The maximum Gasteiger partial charge on any atom is 0.306 e. The third-order valence-electron chi connectivity index (χ3n) is 12.3.